The Kier molecular flexibility index (Phi) is 8.42. The van der Waals surface area contributed by atoms with Gasteiger partial charge in [-0.2, -0.15) is 13.2 Å². The number of amides is 3. The Hall–Kier alpha value is -5.50. The zero-order valence-electron chi connectivity index (χ0n) is 27.3. The van der Waals surface area contributed by atoms with Crippen molar-refractivity contribution in [3.8, 4) is 5.75 Å². The molecule has 2 aliphatic heterocycles. The lowest BCUT2D eigenvalue weighted by Crippen LogP contribution is -2.45. The number of benzene rings is 3. The molecule has 2 N–H and O–H groups in total. The Bertz CT molecular complexity index is 2010. The Balaban J connectivity index is 1.11. The molecule has 1 spiro atoms. The molecule has 1 aliphatic carbocycles. The Labute approximate surface area is 285 Å². The summed E-state index contributed by atoms with van der Waals surface area (Å²) in [5, 5.41) is 5.85. The van der Waals surface area contributed by atoms with Crippen LogP contribution in [-0.2, 0) is 27.7 Å². The number of nitrogens with zero attached hydrogens (tertiary/aromatic N) is 4. The number of hydrogen-bond acceptors (Lipinski definition) is 8. The van der Waals surface area contributed by atoms with E-state index in [2.05, 4.69) is 15.6 Å². The van der Waals surface area contributed by atoms with Crippen LogP contribution in [0.15, 0.2) is 66.9 Å². The van der Waals surface area contributed by atoms with Gasteiger partial charge in [0, 0.05) is 47.4 Å². The zero-order valence-corrected chi connectivity index (χ0v) is 27.3. The first kappa shape index (κ1) is 33.0. The van der Waals surface area contributed by atoms with Crippen LogP contribution in [0.25, 0.3) is 0 Å². The molecule has 2 fully saturated rings. The van der Waals surface area contributed by atoms with Crippen LogP contribution in [0, 0.1) is 6.92 Å². The van der Waals surface area contributed by atoms with Crippen LogP contribution in [0.3, 0.4) is 0 Å². The zero-order chi connectivity index (χ0) is 35.2. The van der Waals surface area contributed by atoms with Gasteiger partial charge in [0.1, 0.15) is 5.75 Å². The molecule has 50 heavy (non-hydrogen) atoms. The van der Waals surface area contributed by atoms with Gasteiger partial charge in [0.2, 0.25) is 11.9 Å². The molecule has 11 nitrogen and oxygen atoms in total. The number of ether oxygens (including phenoxy) is 2. The predicted molar refractivity (Wildman–Crippen MR) is 178 cm³/mol. The van der Waals surface area contributed by atoms with Crippen molar-refractivity contribution < 1.29 is 37.0 Å². The first-order valence-corrected chi connectivity index (χ1v) is 16.1. The van der Waals surface area contributed by atoms with Crippen molar-refractivity contribution in [2.75, 3.05) is 48.9 Å². The molecule has 1 saturated carbocycles. The summed E-state index contributed by atoms with van der Waals surface area (Å²) in [7, 11) is 1.51. The molecular formula is C36H33F3N6O5. The largest absolute Gasteiger partial charge is 0.495 e. The Morgan fingerprint density at radius 2 is 1.78 bits per heavy atom. The summed E-state index contributed by atoms with van der Waals surface area (Å²) in [4.78, 5) is 52.7. The van der Waals surface area contributed by atoms with Crippen LogP contribution in [0.5, 0.6) is 5.75 Å². The fourth-order valence-corrected chi connectivity index (χ4v) is 6.38. The predicted octanol–water partition coefficient (Wildman–Crippen LogP) is 5.86. The van der Waals surface area contributed by atoms with Gasteiger partial charge in [-0.15, -0.1) is 0 Å². The number of nitrogens with one attached hydrogen (secondary N) is 2. The van der Waals surface area contributed by atoms with Crippen LogP contribution < -0.4 is 20.3 Å². The number of rotatable bonds is 7. The fraction of sp³-hybridized carbons (Fsp3) is 0.306. The Morgan fingerprint density at radius 3 is 2.50 bits per heavy atom. The number of halogens is 3. The maximum absolute atomic E-state index is 14.1. The molecule has 1 aromatic heterocycles. The van der Waals surface area contributed by atoms with Crippen molar-refractivity contribution in [1.82, 2.24) is 14.9 Å². The highest BCUT2D eigenvalue weighted by molar-refractivity contribution is 6.07. The van der Waals surface area contributed by atoms with Gasteiger partial charge in [-0.25, -0.2) is 9.97 Å². The Morgan fingerprint density at radius 1 is 1.00 bits per heavy atom. The van der Waals surface area contributed by atoms with Crippen molar-refractivity contribution in [3.63, 3.8) is 0 Å². The molecule has 0 atom stereocenters. The molecule has 3 amide bonds. The van der Waals surface area contributed by atoms with Crippen molar-refractivity contribution in [3.05, 3.63) is 100 Å². The van der Waals surface area contributed by atoms with E-state index in [-0.39, 0.29) is 29.9 Å². The average Bonchev–Trinajstić information content (AvgIpc) is 3.93. The summed E-state index contributed by atoms with van der Waals surface area (Å²) in [6.07, 6.45) is -1.71. The highest BCUT2D eigenvalue weighted by Gasteiger charge is 2.58. The van der Waals surface area contributed by atoms with E-state index in [0.29, 0.717) is 73.2 Å². The lowest BCUT2D eigenvalue weighted by molar-refractivity contribution is -0.137. The molecule has 7 rings (SSSR count). The number of aryl methyl sites for hydroxylation is 1. The van der Waals surface area contributed by atoms with Gasteiger partial charge in [0.15, 0.2) is 0 Å². The molecule has 258 valence electrons. The van der Waals surface area contributed by atoms with Crippen LogP contribution >= 0.6 is 0 Å². The van der Waals surface area contributed by atoms with Gasteiger partial charge in [-0.05, 0) is 73.9 Å². The third-order valence-electron chi connectivity index (χ3n) is 9.25. The maximum Gasteiger partial charge on any atom is 0.416 e. The van der Waals surface area contributed by atoms with E-state index < -0.39 is 23.1 Å². The summed E-state index contributed by atoms with van der Waals surface area (Å²) in [5.41, 5.74) is 2.22. The lowest BCUT2D eigenvalue weighted by Gasteiger charge is -2.34. The number of carbonyl (C=O) groups is 3. The second kappa shape index (κ2) is 12.8. The van der Waals surface area contributed by atoms with E-state index >= 15 is 0 Å². The molecule has 1 saturated heterocycles. The van der Waals surface area contributed by atoms with Crippen molar-refractivity contribution in [2.45, 2.75) is 37.9 Å². The molecule has 4 aromatic rings. The summed E-state index contributed by atoms with van der Waals surface area (Å²) in [6.45, 7) is 4.06. The topological polar surface area (TPSA) is 126 Å². The number of hydrogen-bond donors (Lipinski definition) is 2. The smallest absolute Gasteiger partial charge is 0.416 e. The molecular weight excluding hydrogens is 653 g/mol. The molecule has 3 aromatic carbocycles. The van der Waals surface area contributed by atoms with Gasteiger partial charge in [0.05, 0.1) is 49.2 Å². The maximum atomic E-state index is 14.1. The quantitative estimate of drug-likeness (QED) is 0.248. The molecule has 3 aliphatic rings. The molecule has 14 heteroatoms. The van der Waals surface area contributed by atoms with Crippen molar-refractivity contribution >= 4 is 40.7 Å². The van der Waals surface area contributed by atoms with E-state index in [1.165, 1.54) is 19.2 Å². The minimum Gasteiger partial charge on any atom is -0.495 e. The van der Waals surface area contributed by atoms with Crippen LogP contribution in [0.4, 0.5) is 36.2 Å². The van der Waals surface area contributed by atoms with E-state index in [4.69, 9.17) is 14.5 Å². The van der Waals surface area contributed by atoms with E-state index in [9.17, 15) is 27.6 Å². The van der Waals surface area contributed by atoms with Gasteiger partial charge < -0.3 is 29.9 Å². The van der Waals surface area contributed by atoms with E-state index in [0.717, 1.165) is 23.3 Å². The van der Waals surface area contributed by atoms with Gasteiger partial charge in [-0.1, -0.05) is 12.1 Å². The van der Waals surface area contributed by atoms with Crippen LogP contribution in [-0.4, -0.2) is 66.0 Å². The summed E-state index contributed by atoms with van der Waals surface area (Å²) in [5.74, 6) is -0.242. The third-order valence-corrected chi connectivity index (χ3v) is 9.25. The van der Waals surface area contributed by atoms with E-state index in [1.807, 2.05) is 6.92 Å². The van der Waals surface area contributed by atoms with Gasteiger partial charge in [-0.3, -0.25) is 14.4 Å². The standard InChI is InChI=1S/C36H33F3N6O5/c1-21-6-8-26(41-31(46)22-4-3-5-25(16-22)36(37,38)39)18-28(21)45-20-24-19-40-34(43-30(24)35(10-11-35)33(45)48)42-27-9-7-23(17-29(27)49-2)32(47)44-12-14-50-15-13-44/h3-9,16-19H,10-15,20H2,1-2H3,(H,41,46)(H,40,42,43). The minimum atomic E-state index is -4.58. The summed E-state index contributed by atoms with van der Waals surface area (Å²) in [6, 6.07) is 14.3. The second-order valence-electron chi connectivity index (χ2n) is 12.5. The highest BCUT2D eigenvalue weighted by atomic mass is 19.4. The number of aromatic nitrogens is 2. The van der Waals surface area contributed by atoms with Gasteiger partial charge in [0.25, 0.3) is 11.8 Å². The monoisotopic (exact) mass is 686 g/mol. The SMILES string of the molecule is COc1cc(C(=O)N2CCOCC2)ccc1Nc1ncc2c(n1)C1(CC1)C(=O)N(c1cc(NC(=O)c3cccc(C(F)(F)F)c3)ccc1C)C2. The second-order valence-corrected chi connectivity index (χ2v) is 12.5. The number of fused-ring (bicyclic) bond motifs is 2. The molecule has 0 bridgehead atoms. The van der Waals surface area contributed by atoms with Gasteiger partial charge >= 0.3 is 6.18 Å². The fourth-order valence-electron chi connectivity index (χ4n) is 6.38. The van der Waals surface area contributed by atoms with Crippen molar-refractivity contribution in [1.29, 1.82) is 0 Å². The minimum absolute atomic E-state index is 0.110. The first-order valence-electron chi connectivity index (χ1n) is 16.1. The van der Waals surface area contributed by atoms with E-state index in [1.54, 1.807) is 52.4 Å². The normalized spacial score (nSPS) is 16.5. The molecule has 3 heterocycles. The number of alkyl halides is 3. The first-order chi connectivity index (χ1) is 24.0. The molecule has 0 radical (unpaired) electrons. The highest BCUT2D eigenvalue weighted by Crippen LogP contribution is 2.53. The number of carbonyl (C=O) groups excluding carboxylic acids is 3. The van der Waals surface area contributed by atoms with Crippen molar-refractivity contribution in [2.24, 2.45) is 0 Å². The number of morpholine rings is 1. The number of methoxy groups -OCH3 is 1. The van der Waals surface area contributed by atoms with Crippen LogP contribution in [0.2, 0.25) is 0 Å². The third kappa shape index (κ3) is 6.22. The summed E-state index contributed by atoms with van der Waals surface area (Å²) < 4.78 is 50.6. The lowest BCUT2D eigenvalue weighted by atomic mass is 9.91. The van der Waals surface area contributed by atoms with Crippen LogP contribution in [0.1, 0.15) is 55.9 Å². The summed E-state index contributed by atoms with van der Waals surface area (Å²) >= 11 is 0. The number of anilines is 4. The molecule has 0 unspecified atom stereocenters. The average molecular weight is 687 g/mol.